The summed E-state index contributed by atoms with van der Waals surface area (Å²) in [5.74, 6) is 0.664. The van der Waals surface area contributed by atoms with Gasteiger partial charge in [0.15, 0.2) is 0 Å². The SMILES string of the molecule is CCc1nn(C)c(OC)c1CNc1ccc(I)cc1[N+](=O)[O-]. The topological polar surface area (TPSA) is 82.2 Å². The lowest BCUT2D eigenvalue weighted by molar-refractivity contribution is -0.384. The van der Waals surface area contributed by atoms with Crippen LogP contribution in [0.3, 0.4) is 0 Å². The Morgan fingerprint density at radius 1 is 1.50 bits per heavy atom. The summed E-state index contributed by atoms with van der Waals surface area (Å²) < 4.78 is 7.87. The molecule has 0 atom stereocenters. The fraction of sp³-hybridized carbons (Fsp3) is 0.357. The molecule has 1 aromatic carbocycles. The molecule has 2 aromatic rings. The number of nitro groups is 1. The molecule has 118 valence electrons. The quantitative estimate of drug-likeness (QED) is 0.445. The largest absolute Gasteiger partial charge is 0.481 e. The molecule has 0 aliphatic rings. The van der Waals surface area contributed by atoms with Gasteiger partial charge in [0.1, 0.15) is 5.69 Å². The number of aromatic nitrogens is 2. The number of ether oxygens (including phenoxy) is 1. The van der Waals surface area contributed by atoms with Crippen molar-refractivity contribution in [3.8, 4) is 5.88 Å². The summed E-state index contributed by atoms with van der Waals surface area (Å²) in [6.07, 6.45) is 0.767. The predicted molar refractivity (Wildman–Crippen MR) is 92.3 cm³/mol. The Hall–Kier alpha value is -1.84. The molecule has 1 N–H and O–H groups in total. The van der Waals surface area contributed by atoms with Gasteiger partial charge in [0.2, 0.25) is 5.88 Å². The number of nitrogens with zero attached hydrogens (tertiary/aromatic N) is 3. The third-order valence-corrected chi connectivity index (χ3v) is 3.98. The number of nitro benzene ring substituents is 1. The van der Waals surface area contributed by atoms with Gasteiger partial charge in [-0.25, -0.2) is 4.68 Å². The van der Waals surface area contributed by atoms with E-state index in [1.807, 2.05) is 20.0 Å². The van der Waals surface area contributed by atoms with Crippen molar-refractivity contribution in [1.82, 2.24) is 9.78 Å². The van der Waals surface area contributed by atoms with E-state index in [0.29, 0.717) is 18.1 Å². The Balaban J connectivity index is 2.29. The number of nitrogens with one attached hydrogen (secondary N) is 1. The monoisotopic (exact) mass is 416 g/mol. The maximum atomic E-state index is 11.2. The van der Waals surface area contributed by atoms with Crippen LogP contribution in [0.2, 0.25) is 0 Å². The van der Waals surface area contributed by atoms with Crippen molar-refractivity contribution < 1.29 is 9.66 Å². The highest BCUT2D eigenvalue weighted by Crippen LogP contribution is 2.29. The molecule has 7 nitrogen and oxygen atoms in total. The summed E-state index contributed by atoms with van der Waals surface area (Å²) in [5, 5.41) is 18.7. The van der Waals surface area contributed by atoms with E-state index in [1.165, 1.54) is 0 Å². The van der Waals surface area contributed by atoms with E-state index in [-0.39, 0.29) is 10.6 Å². The zero-order valence-electron chi connectivity index (χ0n) is 12.6. The van der Waals surface area contributed by atoms with Crippen LogP contribution in [0, 0.1) is 13.7 Å². The first-order valence-corrected chi connectivity index (χ1v) is 7.82. The van der Waals surface area contributed by atoms with Gasteiger partial charge in [0, 0.05) is 23.2 Å². The van der Waals surface area contributed by atoms with Crippen LogP contribution in [0.5, 0.6) is 5.88 Å². The molecule has 0 spiro atoms. The zero-order valence-corrected chi connectivity index (χ0v) is 14.7. The zero-order chi connectivity index (χ0) is 16.3. The maximum absolute atomic E-state index is 11.2. The van der Waals surface area contributed by atoms with Gasteiger partial charge in [0.05, 0.1) is 23.3 Å². The van der Waals surface area contributed by atoms with Gasteiger partial charge in [-0.3, -0.25) is 10.1 Å². The Bertz CT molecular complexity index is 700. The molecule has 0 radical (unpaired) electrons. The van der Waals surface area contributed by atoms with Crippen molar-refractivity contribution in [3.05, 3.63) is 43.1 Å². The molecule has 1 aromatic heterocycles. The van der Waals surface area contributed by atoms with Gasteiger partial charge in [-0.2, -0.15) is 5.10 Å². The highest BCUT2D eigenvalue weighted by molar-refractivity contribution is 14.1. The van der Waals surface area contributed by atoms with Gasteiger partial charge in [-0.15, -0.1) is 0 Å². The number of methoxy groups -OCH3 is 1. The fourth-order valence-corrected chi connectivity index (χ4v) is 2.79. The van der Waals surface area contributed by atoms with E-state index in [0.717, 1.165) is 21.2 Å². The smallest absolute Gasteiger partial charge is 0.293 e. The molecule has 0 aliphatic heterocycles. The van der Waals surface area contributed by atoms with E-state index >= 15 is 0 Å². The van der Waals surface area contributed by atoms with Gasteiger partial charge >= 0.3 is 0 Å². The predicted octanol–water partition coefficient (Wildman–Crippen LogP) is 3.12. The Morgan fingerprint density at radius 2 is 2.23 bits per heavy atom. The molecule has 0 aliphatic carbocycles. The van der Waals surface area contributed by atoms with Crippen LogP contribution < -0.4 is 10.1 Å². The highest BCUT2D eigenvalue weighted by atomic mass is 127. The van der Waals surface area contributed by atoms with Crippen LogP contribution in [-0.4, -0.2) is 21.8 Å². The summed E-state index contributed by atoms with van der Waals surface area (Å²) in [7, 11) is 3.40. The third kappa shape index (κ3) is 3.32. The fourth-order valence-electron chi connectivity index (χ4n) is 2.31. The third-order valence-electron chi connectivity index (χ3n) is 3.31. The molecule has 8 heteroatoms. The maximum Gasteiger partial charge on any atom is 0.293 e. The number of anilines is 1. The van der Waals surface area contributed by atoms with Crippen LogP contribution in [-0.2, 0) is 20.0 Å². The van der Waals surface area contributed by atoms with E-state index < -0.39 is 0 Å². The lowest BCUT2D eigenvalue weighted by Gasteiger charge is -2.09. The van der Waals surface area contributed by atoms with Crippen molar-refractivity contribution in [2.24, 2.45) is 7.05 Å². The lowest BCUT2D eigenvalue weighted by atomic mass is 10.2. The minimum absolute atomic E-state index is 0.0628. The molecule has 0 saturated carbocycles. The lowest BCUT2D eigenvalue weighted by Crippen LogP contribution is -2.05. The van der Waals surface area contributed by atoms with Crippen molar-refractivity contribution in [2.45, 2.75) is 19.9 Å². The number of benzene rings is 1. The number of rotatable bonds is 6. The number of hydrogen-bond donors (Lipinski definition) is 1. The van der Waals surface area contributed by atoms with Gasteiger partial charge < -0.3 is 10.1 Å². The highest BCUT2D eigenvalue weighted by Gasteiger charge is 2.18. The number of aryl methyl sites for hydroxylation is 2. The van der Waals surface area contributed by atoms with Crippen molar-refractivity contribution >= 4 is 34.0 Å². The summed E-state index contributed by atoms with van der Waals surface area (Å²) in [6.45, 7) is 2.43. The molecule has 2 rings (SSSR count). The van der Waals surface area contributed by atoms with Crippen molar-refractivity contribution in [2.75, 3.05) is 12.4 Å². The number of hydrogen-bond acceptors (Lipinski definition) is 5. The second-order valence-corrected chi connectivity index (χ2v) is 5.93. The molecular formula is C14H17IN4O3. The van der Waals surface area contributed by atoms with E-state index in [1.54, 1.807) is 23.9 Å². The summed E-state index contributed by atoms with van der Waals surface area (Å²) in [5.41, 5.74) is 2.38. The van der Waals surface area contributed by atoms with E-state index in [4.69, 9.17) is 4.74 Å². The average molecular weight is 416 g/mol. The van der Waals surface area contributed by atoms with Gasteiger partial charge in [0.25, 0.3) is 5.69 Å². The molecular weight excluding hydrogens is 399 g/mol. The Kier molecular flexibility index (Phi) is 5.22. The standard InChI is InChI=1S/C14H17IN4O3/c1-4-11-10(14(22-3)18(2)17-11)8-16-12-6-5-9(15)7-13(12)19(20)21/h5-7,16H,4,8H2,1-3H3. The first-order chi connectivity index (χ1) is 10.5. The first kappa shape index (κ1) is 16.5. The normalized spacial score (nSPS) is 10.5. The van der Waals surface area contributed by atoms with Crippen LogP contribution in [0.15, 0.2) is 18.2 Å². The van der Waals surface area contributed by atoms with Crippen LogP contribution in [0.4, 0.5) is 11.4 Å². The number of halogens is 1. The van der Waals surface area contributed by atoms with E-state index in [2.05, 4.69) is 33.0 Å². The van der Waals surface area contributed by atoms with Gasteiger partial charge in [-0.05, 0) is 41.1 Å². The summed E-state index contributed by atoms with van der Waals surface area (Å²) >= 11 is 2.06. The summed E-state index contributed by atoms with van der Waals surface area (Å²) in [4.78, 5) is 10.8. The minimum atomic E-state index is -0.383. The minimum Gasteiger partial charge on any atom is -0.481 e. The Labute approximate surface area is 141 Å². The van der Waals surface area contributed by atoms with Crippen molar-refractivity contribution in [1.29, 1.82) is 0 Å². The summed E-state index contributed by atoms with van der Waals surface area (Å²) in [6, 6.07) is 5.09. The average Bonchev–Trinajstić information content (AvgIpc) is 2.80. The molecule has 0 amide bonds. The second-order valence-electron chi connectivity index (χ2n) is 4.68. The van der Waals surface area contributed by atoms with Crippen molar-refractivity contribution in [3.63, 3.8) is 0 Å². The molecule has 0 saturated heterocycles. The molecule has 0 fully saturated rings. The second kappa shape index (κ2) is 6.95. The first-order valence-electron chi connectivity index (χ1n) is 6.74. The van der Waals surface area contributed by atoms with Crippen LogP contribution >= 0.6 is 22.6 Å². The molecule has 0 unspecified atom stereocenters. The van der Waals surface area contributed by atoms with Gasteiger partial charge in [-0.1, -0.05) is 6.92 Å². The van der Waals surface area contributed by atoms with Crippen LogP contribution in [0.1, 0.15) is 18.2 Å². The molecule has 1 heterocycles. The van der Waals surface area contributed by atoms with Crippen LogP contribution in [0.25, 0.3) is 0 Å². The molecule has 22 heavy (non-hydrogen) atoms. The van der Waals surface area contributed by atoms with E-state index in [9.17, 15) is 10.1 Å². The molecule has 0 bridgehead atoms. The Morgan fingerprint density at radius 3 is 2.82 bits per heavy atom.